The number of aliphatic hydroxyl groups is 1. The van der Waals surface area contributed by atoms with Crippen LogP contribution in [-0.2, 0) is 28.2 Å². The highest BCUT2D eigenvalue weighted by atomic mass is 31.2. The Morgan fingerprint density at radius 1 is 0.633 bits per heavy atom. The summed E-state index contributed by atoms with van der Waals surface area (Å²) in [6.07, 6.45) is 30.1. The van der Waals surface area contributed by atoms with Crippen molar-refractivity contribution in [2.24, 2.45) is 0 Å². The van der Waals surface area contributed by atoms with Crippen LogP contribution in [0.2, 0.25) is 0 Å². The van der Waals surface area contributed by atoms with E-state index in [-0.39, 0.29) is 31.8 Å². The van der Waals surface area contributed by atoms with Crippen LogP contribution < -0.4 is 4.89 Å². The topological polar surface area (TPSA) is 142 Å². The van der Waals surface area contributed by atoms with Crippen LogP contribution in [-0.4, -0.2) is 80.0 Å². The zero-order valence-electron chi connectivity index (χ0n) is 32.4. The Labute approximate surface area is 301 Å². The van der Waals surface area contributed by atoms with Crippen LogP contribution in [0, 0.1) is 0 Å². The molecule has 2 atom stereocenters. The maximum atomic E-state index is 12.1. The molecule has 0 aromatic rings. The van der Waals surface area contributed by atoms with E-state index in [1.165, 1.54) is 122 Å². The fourth-order valence-corrected chi connectivity index (χ4v) is 5.59. The van der Waals surface area contributed by atoms with Crippen LogP contribution in [0.4, 0.5) is 0 Å². The quantitative estimate of drug-likeness (QED) is 0.0288. The van der Waals surface area contributed by atoms with Gasteiger partial charge in [0.1, 0.15) is 19.8 Å². The van der Waals surface area contributed by atoms with E-state index in [2.05, 4.69) is 18.4 Å². The molecule has 0 spiro atoms. The number of carbonyl (C=O) groups excluding carboxylic acids is 2. The van der Waals surface area contributed by atoms with Gasteiger partial charge < -0.3 is 33.4 Å². The maximum absolute atomic E-state index is 12.1. The van der Waals surface area contributed by atoms with Crippen molar-refractivity contribution in [3.63, 3.8) is 0 Å². The summed E-state index contributed by atoms with van der Waals surface area (Å²) >= 11 is 0. The van der Waals surface area contributed by atoms with E-state index in [4.69, 9.17) is 14.4 Å². The third kappa shape index (κ3) is 44.9. The lowest BCUT2D eigenvalue weighted by Gasteiger charge is -2.25. The molecule has 0 radical (unpaired) electrons. The van der Waals surface area contributed by atoms with Crippen molar-refractivity contribution in [3.8, 4) is 0 Å². The first-order valence-corrected chi connectivity index (χ1v) is 21.3. The van der Waals surface area contributed by atoms with Crippen LogP contribution in [0.1, 0.15) is 181 Å². The molecular formula is C38H78NO9P. The lowest BCUT2D eigenvalue weighted by molar-refractivity contribution is -0.870. The Kier molecular flexibility index (Phi) is 36.2. The fourth-order valence-electron chi connectivity index (χ4n) is 5.28. The van der Waals surface area contributed by atoms with Gasteiger partial charge >= 0.3 is 11.9 Å². The second-order valence-electron chi connectivity index (χ2n) is 14.6. The number of hydrogen-bond donors (Lipinski definition) is 2. The summed E-state index contributed by atoms with van der Waals surface area (Å²) in [6.45, 7) is 4.68. The molecule has 0 fully saturated rings. The highest BCUT2D eigenvalue weighted by molar-refractivity contribution is 7.44. The number of phosphoric ester groups is 1. The number of aliphatic hydroxyl groups excluding tert-OH is 1. The Hall–Kier alpha value is -1.03. The minimum Gasteiger partial charge on any atom is -0.756 e. The standard InChI is InChI=1S/C33H64O5.C5H14NO4P/c1-3-5-7-9-11-13-15-17-19-21-23-25-27-32(35)37-30-31(29-34)38-33(36)28-26-24-22-20-18-16-14-12-10-8-6-4-2;1-6(2,3)4-5-10-11(7,8)9/h31,34H,3-30H2,1-2H3;4-5H2,1-3H3,(H-,7,8,9)/t31-;/m0./s1. The molecule has 0 amide bonds. The Morgan fingerprint density at radius 3 is 1.31 bits per heavy atom. The molecule has 0 aromatic heterocycles. The van der Waals surface area contributed by atoms with Gasteiger partial charge in [-0.25, -0.2) is 0 Å². The lowest BCUT2D eigenvalue weighted by Crippen LogP contribution is -2.37. The second kappa shape index (κ2) is 35.4. The number of carbonyl (C=O) groups is 2. The van der Waals surface area contributed by atoms with E-state index >= 15 is 0 Å². The number of unbranched alkanes of at least 4 members (excludes halogenated alkanes) is 22. The van der Waals surface area contributed by atoms with Crippen molar-refractivity contribution in [1.29, 1.82) is 0 Å². The van der Waals surface area contributed by atoms with Gasteiger partial charge in [-0.1, -0.05) is 155 Å². The Bertz CT molecular complexity index is 786. The van der Waals surface area contributed by atoms with Crippen molar-refractivity contribution in [2.75, 3.05) is 47.5 Å². The number of esters is 2. The van der Waals surface area contributed by atoms with E-state index in [1.54, 1.807) is 0 Å². The van der Waals surface area contributed by atoms with E-state index in [0.717, 1.165) is 32.1 Å². The monoisotopic (exact) mass is 724 g/mol. The van der Waals surface area contributed by atoms with Crippen LogP contribution in [0.3, 0.4) is 0 Å². The van der Waals surface area contributed by atoms with Crippen LogP contribution in [0.5, 0.6) is 0 Å². The van der Waals surface area contributed by atoms with Gasteiger partial charge in [0.25, 0.3) is 7.82 Å². The predicted octanol–water partition coefficient (Wildman–Crippen LogP) is 8.79. The molecule has 10 nitrogen and oxygen atoms in total. The van der Waals surface area contributed by atoms with E-state index in [1.807, 2.05) is 21.1 Å². The Balaban J connectivity index is 0. The second-order valence-corrected chi connectivity index (χ2v) is 15.8. The summed E-state index contributed by atoms with van der Waals surface area (Å²) in [4.78, 5) is 42.3. The predicted molar refractivity (Wildman–Crippen MR) is 198 cm³/mol. The minimum absolute atomic E-state index is 0.0147. The largest absolute Gasteiger partial charge is 0.756 e. The third-order valence-corrected chi connectivity index (χ3v) is 8.93. The number of likely N-dealkylation sites (N-methyl/N-ethyl adjacent to an activating group) is 1. The van der Waals surface area contributed by atoms with Crippen molar-refractivity contribution < 1.29 is 47.5 Å². The number of nitrogens with zero attached hydrogens (tertiary/aromatic N) is 1. The lowest BCUT2D eigenvalue weighted by atomic mass is 10.0. The van der Waals surface area contributed by atoms with Gasteiger partial charge in [0.2, 0.25) is 0 Å². The molecule has 0 rings (SSSR count). The smallest absolute Gasteiger partial charge is 0.306 e. The summed E-state index contributed by atoms with van der Waals surface area (Å²) < 4.78 is 25.4. The minimum atomic E-state index is -4.51. The van der Waals surface area contributed by atoms with Gasteiger partial charge in [0.05, 0.1) is 27.7 Å². The third-order valence-electron chi connectivity index (χ3n) is 8.42. The number of rotatable bonds is 34. The van der Waals surface area contributed by atoms with Crippen molar-refractivity contribution in [1.82, 2.24) is 0 Å². The average Bonchev–Trinajstić information content (AvgIpc) is 3.03. The first-order valence-electron chi connectivity index (χ1n) is 19.8. The molecule has 0 heterocycles. The molecule has 0 aliphatic rings. The molecule has 0 saturated carbocycles. The summed E-state index contributed by atoms with van der Waals surface area (Å²) in [5.74, 6) is -0.583. The molecule has 11 heteroatoms. The van der Waals surface area contributed by atoms with Crippen molar-refractivity contribution in [2.45, 2.75) is 187 Å². The molecule has 1 unspecified atom stereocenters. The summed E-state index contributed by atoms with van der Waals surface area (Å²) in [6, 6.07) is 0. The molecule has 0 aromatic carbocycles. The van der Waals surface area contributed by atoms with Gasteiger partial charge in [-0.2, -0.15) is 0 Å². The molecule has 2 N–H and O–H groups in total. The number of ether oxygens (including phenoxy) is 2. The Morgan fingerprint density at radius 2 is 0.980 bits per heavy atom. The van der Waals surface area contributed by atoms with Crippen LogP contribution in [0.25, 0.3) is 0 Å². The molecule has 0 aliphatic heterocycles. The average molecular weight is 724 g/mol. The van der Waals surface area contributed by atoms with E-state index < -0.39 is 13.9 Å². The van der Waals surface area contributed by atoms with Crippen molar-refractivity contribution in [3.05, 3.63) is 0 Å². The summed E-state index contributed by atoms with van der Waals surface area (Å²) in [7, 11) is 1.19. The van der Waals surface area contributed by atoms with E-state index in [0.29, 0.717) is 23.9 Å². The molecule has 0 saturated heterocycles. The molecule has 294 valence electrons. The fraction of sp³-hybridized carbons (Fsp3) is 0.947. The van der Waals surface area contributed by atoms with Gasteiger partial charge in [-0.15, -0.1) is 0 Å². The van der Waals surface area contributed by atoms with Crippen molar-refractivity contribution >= 4 is 19.8 Å². The SMILES string of the molecule is CCCCCCCCCCCCCCC(=O)OC[C@H](CO)OC(=O)CCCCCCCCCCCCCC.C[N+](C)(C)CCOP(=O)([O-])O. The molecule has 0 aliphatic carbocycles. The molecular weight excluding hydrogens is 645 g/mol. The number of phosphoric acid groups is 1. The number of hydrogen-bond acceptors (Lipinski definition) is 8. The highest BCUT2D eigenvalue weighted by Gasteiger charge is 2.16. The number of quaternary nitrogens is 1. The van der Waals surface area contributed by atoms with Gasteiger partial charge in [0.15, 0.2) is 6.10 Å². The normalized spacial score (nSPS) is 13.3. The summed E-state index contributed by atoms with van der Waals surface area (Å²) in [5, 5.41) is 9.48. The van der Waals surface area contributed by atoms with Gasteiger partial charge in [0, 0.05) is 12.8 Å². The molecule has 0 bridgehead atoms. The first-order chi connectivity index (χ1) is 23.3. The maximum Gasteiger partial charge on any atom is 0.306 e. The van der Waals surface area contributed by atoms with Crippen LogP contribution >= 0.6 is 7.82 Å². The van der Waals surface area contributed by atoms with Gasteiger partial charge in [-0.05, 0) is 12.8 Å². The molecule has 49 heavy (non-hydrogen) atoms. The zero-order valence-corrected chi connectivity index (χ0v) is 33.3. The van der Waals surface area contributed by atoms with Gasteiger partial charge in [-0.3, -0.25) is 14.2 Å². The first kappa shape index (κ1) is 50.1. The summed E-state index contributed by atoms with van der Waals surface area (Å²) in [5.41, 5.74) is 0. The zero-order chi connectivity index (χ0) is 37.1. The van der Waals surface area contributed by atoms with Crippen LogP contribution in [0.15, 0.2) is 0 Å². The highest BCUT2D eigenvalue weighted by Crippen LogP contribution is 2.29. The van der Waals surface area contributed by atoms with E-state index in [9.17, 15) is 24.2 Å².